The summed E-state index contributed by atoms with van der Waals surface area (Å²) in [5, 5.41) is 6.45. The zero-order chi connectivity index (χ0) is 16.1. The van der Waals surface area contributed by atoms with E-state index in [0.29, 0.717) is 19.0 Å². The van der Waals surface area contributed by atoms with Crippen LogP contribution in [-0.4, -0.2) is 34.9 Å². The van der Waals surface area contributed by atoms with Gasteiger partial charge in [-0.15, -0.1) is 11.3 Å². The molecule has 0 bridgehead atoms. The predicted molar refractivity (Wildman–Crippen MR) is 94.3 cm³/mol. The van der Waals surface area contributed by atoms with Gasteiger partial charge in [0.05, 0.1) is 12.2 Å². The number of nitrogens with zero attached hydrogens (tertiary/aromatic N) is 2. The molecule has 1 amide bonds. The Kier molecular flexibility index (Phi) is 5.41. The predicted octanol–water partition coefficient (Wildman–Crippen LogP) is 3.30. The molecule has 2 aromatic rings. The summed E-state index contributed by atoms with van der Waals surface area (Å²) in [5.41, 5.74) is 2.13. The van der Waals surface area contributed by atoms with Crippen molar-refractivity contribution in [3.63, 3.8) is 0 Å². The van der Waals surface area contributed by atoms with E-state index in [1.165, 1.54) is 0 Å². The molecule has 1 aliphatic heterocycles. The number of hydrogen-bond donors (Lipinski definition) is 1. The molecule has 1 N–H and O–H groups in total. The van der Waals surface area contributed by atoms with Crippen molar-refractivity contribution in [1.82, 2.24) is 15.2 Å². The fourth-order valence-corrected chi connectivity index (χ4v) is 3.83. The molecule has 0 aliphatic carbocycles. The van der Waals surface area contributed by atoms with Crippen molar-refractivity contribution in [1.29, 1.82) is 0 Å². The van der Waals surface area contributed by atoms with Crippen LogP contribution in [0.1, 0.15) is 31.2 Å². The number of thiazole rings is 1. The van der Waals surface area contributed by atoms with Gasteiger partial charge in [0.1, 0.15) is 5.01 Å². The summed E-state index contributed by atoms with van der Waals surface area (Å²) < 4.78 is 0. The summed E-state index contributed by atoms with van der Waals surface area (Å²) >= 11 is 1.64. The van der Waals surface area contributed by atoms with E-state index in [-0.39, 0.29) is 5.91 Å². The van der Waals surface area contributed by atoms with Gasteiger partial charge in [0.25, 0.3) is 0 Å². The molecule has 0 radical (unpaired) electrons. The number of carbonyl (C=O) groups excluding carboxylic acids is 1. The van der Waals surface area contributed by atoms with Crippen LogP contribution >= 0.6 is 11.3 Å². The molecule has 1 saturated heterocycles. The summed E-state index contributed by atoms with van der Waals surface area (Å²) in [5.74, 6) is 0.267. The highest BCUT2D eigenvalue weighted by Crippen LogP contribution is 2.27. The van der Waals surface area contributed by atoms with E-state index < -0.39 is 0 Å². The van der Waals surface area contributed by atoms with Crippen molar-refractivity contribution >= 4 is 17.2 Å². The Morgan fingerprint density at radius 3 is 2.96 bits per heavy atom. The van der Waals surface area contributed by atoms with Crippen molar-refractivity contribution < 1.29 is 4.79 Å². The number of rotatable bonds is 7. The zero-order valence-electron chi connectivity index (χ0n) is 13.5. The van der Waals surface area contributed by atoms with Crippen molar-refractivity contribution in [2.24, 2.45) is 0 Å². The van der Waals surface area contributed by atoms with Gasteiger partial charge in [-0.3, -0.25) is 4.79 Å². The Balaban J connectivity index is 1.66. The molecule has 2 heterocycles. The second-order valence-electron chi connectivity index (χ2n) is 5.85. The summed E-state index contributed by atoms with van der Waals surface area (Å²) in [6.45, 7) is 4.71. The van der Waals surface area contributed by atoms with Gasteiger partial charge in [-0.2, -0.15) is 0 Å². The van der Waals surface area contributed by atoms with E-state index >= 15 is 0 Å². The number of benzene rings is 1. The van der Waals surface area contributed by atoms with E-state index in [4.69, 9.17) is 4.98 Å². The van der Waals surface area contributed by atoms with Crippen molar-refractivity contribution in [3.8, 4) is 11.3 Å². The van der Waals surface area contributed by atoms with Crippen LogP contribution in [0.3, 0.4) is 0 Å². The monoisotopic (exact) mass is 329 g/mol. The van der Waals surface area contributed by atoms with Gasteiger partial charge >= 0.3 is 0 Å². The smallest absolute Gasteiger partial charge is 0.223 e. The zero-order valence-corrected chi connectivity index (χ0v) is 14.3. The molecule has 1 aromatic carbocycles. The van der Waals surface area contributed by atoms with Crippen LogP contribution in [0.5, 0.6) is 0 Å². The molecule has 0 spiro atoms. The molecular weight excluding hydrogens is 306 g/mol. The molecule has 1 fully saturated rings. The van der Waals surface area contributed by atoms with E-state index in [2.05, 4.69) is 29.8 Å². The highest BCUT2D eigenvalue weighted by atomic mass is 32.1. The number of aromatic nitrogens is 1. The standard InChI is InChI=1S/C18H23N3OS/c1-2-19-11-10-15-8-9-18(22)21(15)12-17-20-16(13-23-17)14-6-4-3-5-7-14/h3-7,13,15,19H,2,8-12H2,1H3. The Hall–Kier alpha value is -1.72. The first-order chi connectivity index (χ1) is 11.3. The minimum Gasteiger partial charge on any atom is -0.333 e. The molecule has 4 nitrogen and oxygen atoms in total. The SMILES string of the molecule is CCNCCC1CCC(=O)N1Cc1nc(-c2ccccc2)cs1. The quantitative estimate of drug-likeness (QED) is 0.793. The minimum atomic E-state index is 0.267. The maximum absolute atomic E-state index is 12.2. The first-order valence-corrected chi connectivity index (χ1v) is 9.16. The van der Waals surface area contributed by atoms with Gasteiger partial charge in [-0.25, -0.2) is 4.98 Å². The maximum Gasteiger partial charge on any atom is 0.223 e. The first-order valence-electron chi connectivity index (χ1n) is 8.28. The fraction of sp³-hybridized carbons (Fsp3) is 0.444. The Morgan fingerprint density at radius 1 is 1.35 bits per heavy atom. The third-order valence-electron chi connectivity index (χ3n) is 4.28. The van der Waals surface area contributed by atoms with Crippen LogP contribution in [0, 0.1) is 0 Å². The highest BCUT2D eigenvalue weighted by Gasteiger charge is 2.30. The third-order valence-corrected chi connectivity index (χ3v) is 5.12. The van der Waals surface area contributed by atoms with Crippen LogP contribution in [0.4, 0.5) is 0 Å². The lowest BCUT2D eigenvalue weighted by Crippen LogP contribution is -2.34. The van der Waals surface area contributed by atoms with Crippen LogP contribution in [0.25, 0.3) is 11.3 Å². The lowest BCUT2D eigenvalue weighted by Gasteiger charge is -2.24. The van der Waals surface area contributed by atoms with Gasteiger partial charge in [0, 0.05) is 23.4 Å². The Morgan fingerprint density at radius 2 is 2.17 bits per heavy atom. The lowest BCUT2D eigenvalue weighted by molar-refractivity contribution is -0.129. The topological polar surface area (TPSA) is 45.2 Å². The summed E-state index contributed by atoms with van der Waals surface area (Å²) in [6.07, 6.45) is 2.67. The summed E-state index contributed by atoms with van der Waals surface area (Å²) in [4.78, 5) is 18.9. The van der Waals surface area contributed by atoms with E-state index in [1.54, 1.807) is 11.3 Å². The first kappa shape index (κ1) is 16.1. The molecule has 1 atom stereocenters. The number of nitrogens with one attached hydrogen (secondary N) is 1. The average Bonchev–Trinajstić information content (AvgIpc) is 3.18. The largest absolute Gasteiger partial charge is 0.333 e. The maximum atomic E-state index is 12.2. The van der Waals surface area contributed by atoms with Crippen LogP contribution < -0.4 is 5.32 Å². The summed E-state index contributed by atoms with van der Waals surface area (Å²) in [6, 6.07) is 10.5. The van der Waals surface area contributed by atoms with Crippen LogP contribution in [0.2, 0.25) is 0 Å². The van der Waals surface area contributed by atoms with Crippen LogP contribution in [0.15, 0.2) is 35.7 Å². The van der Waals surface area contributed by atoms with E-state index in [0.717, 1.165) is 42.2 Å². The lowest BCUT2D eigenvalue weighted by atomic mass is 10.1. The van der Waals surface area contributed by atoms with Crippen molar-refractivity contribution in [2.75, 3.05) is 13.1 Å². The van der Waals surface area contributed by atoms with Gasteiger partial charge < -0.3 is 10.2 Å². The second kappa shape index (κ2) is 7.70. The van der Waals surface area contributed by atoms with E-state index in [9.17, 15) is 4.79 Å². The van der Waals surface area contributed by atoms with Crippen molar-refractivity contribution in [3.05, 3.63) is 40.7 Å². The Bertz CT molecular complexity index is 641. The highest BCUT2D eigenvalue weighted by molar-refractivity contribution is 7.09. The number of amides is 1. The number of hydrogen-bond acceptors (Lipinski definition) is 4. The molecule has 1 aromatic heterocycles. The molecule has 1 aliphatic rings. The molecule has 1 unspecified atom stereocenters. The second-order valence-corrected chi connectivity index (χ2v) is 6.79. The van der Waals surface area contributed by atoms with Gasteiger partial charge in [-0.1, -0.05) is 37.3 Å². The average molecular weight is 329 g/mol. The molecule has 122 valence electrons. The third kappa shape index (κ3) is 3.98. The molecular formula is C18H23N3OS. The van der Waals surface area contributed by atoms with Gasteiger partial charge in [0.15, 0.2) is 0 Å². The van der Waals surface area contributed by atoms with Crippen molar-refractivity contribution in [2.45, 2.75) is 38.8 Å². The molecule has 0 saturated carbocycles. The molecule has 5 heteroatoms. The van der Waals surface area contributed by atoms with Gasteiger partial charge in [0.2, 0.25) is 5.91 Å². The fourth-order valence-electron chi connectivity index (χ4n) is 3.03. The molecule has 3 rings (SSSR count). The van der Waals surface area contributed by atoms with E-state index in [1.807, 2.05) is 23.1 Å². The number of carbonyl (C=O) groups is 1. The molecule has 23 heavy (non-hydrogen) atoms. The Labute approximate surface area is 141 Å². The summed E-state index contributed by atoms with van der Waals surface area (Å²) in [7, 11) is 0. The van der Waals surface area contributed by atoms with Crippen LogP contribution in [-0.2, 0) is 11.3 Å². The number of likely N-dealkylation sites (tertiary alicyclic amines) is 1. The normalized spacial score (nSPS) is 17.9. The minimum absolute atomic E-state index is 0.267. The van der Waals surface area contributed by atoms with Gasteiger partial charge in [-0.05, 0) is 25.9 Å².